The average Bonchev–Trinajstić information content (AvgIpc) is 2.68. The molecule has 27 heavy (non-hydrogen) atoms. The zero-order valence-electron chi connectivity index (χ0n) is 16.4. The van der Waals surface area contributed by atoms with Crippen LogP contribution in [0, 0.1) is 0 Å². The molecule has 10 nitrogen and oxygen atoms in total. The van der Waals surface area contributed by atoms with Gasteiger partial charge in [0.1, 0.15) is 6.54 Å². The molecule has 2 amide bonds. The summed E-state index contributed by atoms with van der Waals surface area (Å²) < 4.78 is 0. The van der Waals surface area contributed by atoms with Gasteiger partial charge in [0.2, 0.25) is 17.8 Å². The molecule has 1 aliphatic heterocycles. The predicted molar refractivity (Wildman–Crippen MR) is 104 cm³/mol. The molecule has 0 aliphatic carbocycles. The first-order valence-corrected chi connectivity index (χ1v) is 8.84. The van der Waals surface area contributed by atoms with E-state index in [9.17, 15) is 9.59 Å². The number of likely N-dealkylation sites (N-methyl/N-ethyl adjacent to an activating group) is 2. The Morgan fingerprint density at radius 3 is 2.19 bits per heavy atom. The number of rotatable bonds is 5. The molecule has 2 heterocycles. The highest BCUT2D eigenvalue weighted by Crippen LogP contribution is 2.09. The number of aromatic nitrogens is 2. The van der Waals surface area contributed by atoms with Crippen molar-refractivity contribution in [1.29, 1.82) is 0 Å². The van der Waals surface area contributed by atoms with Gasteiger partial charge in [0, 0.05) is 66.8 Å². The van der Waals surface area contributed by atoms with Crippen LogP contribution >= 0.6 is 0 Å². The molecule has 0 spiro atoms. The van der Waals surface area contributed by atoms with Crippen molar-refractivity contribution in [2.45, 2.75) is 0 Å². The summed E-state index contributed by atoms with van der Waals surface area (Å²) in [6, 6.07) is 1.79. The van der Waals surface area contributed by atoms with E-state index in [4.69, 9.17) is 0 Å². The SMILES string of the molecule is CN(C)C(=O)CN=C(NCC(=O)N(C)C)N1CCN(c2ncccn2)CC1. The van der Waals surface area contributed by atoms with Crippen LogP contribution in [-0.4, -0.2) is 110 Å². The fourth-order valence-corrected chi connectivity index (χ4v) is 2.44. The van der Waals surface area contributed by atoms with Crippen LogP contribution in [0.15, 0.2) is 23.5 Å². The number of carbonyl (C=O) groups excluding carboxylic acids is 2. The summed E-state index contributed by atoms with van der Waals surface area (Å²) in [5.41, 5.74) is 0. The van der Waals surface area contributed by atoms with Gasteiger partial charge in [-0.3, -0.25) is 9.59 Å². The van der Waals surface area contributed by atoms with E-state index < -0.39 is 0 Å². The molecule has 1 aromatic heterocycles. The van der Waals surface area contributed by atoms with E-state index in [2.05, 4.69) is 25.2 Å². The molecule has 1 aliphatic rings. The Labute approximate surface area is 159 Å². The molecular formula is C17H28N8O2. The molecule has 0 bridgehead atoms. The van der Waals surface area contributed by atoms with Gasteiger partial charge in [-0.1, -0.05) is 0 Å². The normalized spacial score (nSPS) is 14.7. The summed E-state index contributed by atoms with van der Waals surface area (Å²) in [5.74, 6) is 1.12. The average molecular weight is 376 g/mol. The van der Waals surface area contributed by atoms with Gasteiger partial charge in [-0.2, -0.15) is 0 Å². The number of guanidine groups is 1. The first-order chi connectivity index (χ1) is 12.9. The number of aliphatic imine (C=N–C) groups is 1. The van der Waals surface area contributed by atoms with Crippen LogP contribution in [0.1, 0.15) is 0 Å². The quantitative estimate of drug-likeness (QED) is 0.505. The monoisotopic (exact) mass is 376 g/mol. The third-order valence-electron chi connectivity index (χ3n) is 4.17. The van der Waals surface area contributed by atoms with Crippen molar-refractivity contribution in [3.8, 4) is 0 Å². The molecule has 0 radical (unpaired) electrons. The largest absolute Gasteiger partial charge is 0.347 e. The summed E-state index contributed by atoms with van der Waals surface area (Å²) in [7, 11) is 6.79. The van der Waals surface area contributed by atoms with E-state index in [-0.39, 0.29) is 24.9 Å². The van der Waals surface area contributed by atoms with Crippen molar-refractivity contribution in [3.05, 3.63) is 18.5 Å². The Morgan fingerprint density at radius 1 is 1.04 bits per heavy atom. The Kier molecular flexibility index (Phi) is 7.33. The van der Waals surface area contributed by atoms with Gasteiger partial charge in [-0.15, -0.1) is 0 Å². The summed E-state index contributed by atoms with van der Waals surface area (Å²) in [5, 5.41) is 3.08. The third kappa shape index (κ3) is 6.08. The lowest BCUT2D eigenvalue weighted by atomic mass is 10.3. The summed E-state index contributed by atoms with van der Waals surface area (Å²) in [4.78, 5) is 43.9. The van der Waals surface area contributed by atoms with Crippen molar-refractivity contribution in [3.63, 3.8) is 0 Å². The lowest BCUT2D eigenvalue weighted by Gasteiger charge is -2.36. The first-order valence-electron chi connectivity index (χ1n) is 8.84. The van der Waals surface area contributed by atoms with Crippen LogP contribution in [0.5, 0.6) is 0 Å². The van der Waals surface area contributed by atoms with Crippen molar-refractivity contribution in [2.75, 3.05) is 72.4 Å². The van der Waals surface area contributed by atoms with Gasteiger partial charge in [0.15, 0.2) is 5.96 Å². The van der Waals surface area contributed by atoms with Crippen LogP contribution in [0.3, 0.4) is 0 Å². The highest BCUT2D eigenvalue weighted by Gasteiger charge is 2.22. The number of nitrogens with one attached hydrogen (secondary N) is 1. The fourth-order valence-electron chi connectivity index (χ4n) is 2.44. The van der Waals surface area contributed by atoms with Gasteiger partial charge in [-0.25, -0.2) is 15.0 Å². The van der Waals surface area contributed by atoms with E-state index in [1.54, 1.807) is 46.7 Å². The van der Waals surface area contributed by atoms with Gasteiger partial charge in [0.25, 0.3) is 0 Å². The third-order valence-corrected chi connectivity index (χ3v) is 4.17. The molecule has 1 N–H and O–H groups in total. The van der Waals surface area contributed by atoms with Crippen molar-refractivity contribution in [1.82, 2.24) is 30.0 Å². The Bertz CT molecular complexity index is 654. The Hall–Kier alpha value is -2.91. The summed E-state index contributed by atoms with van der Waals surface area (Å²) in [6.45, 7) is 3.01. The lowest BCUT2D eigenvalue weighted by Crippen LogP contribution is -2.54. The van der Waals surface area contributed by atoms with Crippen LogP contribution in [0.2, 0.25) is 0 Å². The van der Waals surface area contributed by atoms with Crippen LogP contribution in [0.4, 0.5) is 5.95 Å². The number of anilines is 1. The molecule has 1 saturated heterocycles. The zero-order chi connectivity index (χ0) is 19.8. The molecule has 148 valence electrons. The maximum atomic E-state index is 11.9. The van der Waals surface area contributed by atoms with E-state index in [0.29, 0.717) is 25.0 Å². The number of carbonyl (C=O) groups is 2. The van der Waals surface area contributed by atoms with E-state index in [1.165, 1.54) is 9.80 Å². The minimum absolute atomic E-state index is 0.0352. The second-order valence-corrected chi connectivity index (χ2v) is 6.59. The van der Waals surface area contributed by atoms with E-state index in [1.807, 2.05) is 4.90 Å². The van der Waals surface area contributed by atoms with Crippen molar-refractivity contribution >= 4 is 23.7 Å². The van der Waals surface area contributed by atoms with Gasteiger partial charge in [0.05, 0.1) is 6.54 Å². The first kappa shape index (κ1) is 20.4. The summed E-state index contributed by atoms with van der Waals surface area (Å²) in [6.07, 6.45) is 3.45. The van der Waals surface area contributed by atoms with Gasteiger partial charge < -0.3 is 24.9 Å². The predicted octanol–water partition coefficient (Wildman–Crippen LogP) is -1.28. The molecule has 0 saturated carbocycles. The van der Waals surface area contributed by atoms with Crippen molar-refractivity contribution < 1.29 is 9.59 Å². The van der Waals surface area contributed by atoms with E-state index >= 15 is 0 Å². The Morgan fingerprint density at radius 2 is 1.63 bits per heavy atom. The van der Waals surface area contributed by atoms with Gasteiger partial charge in [-0.05, 0) is 6.07 Å². The molecular weight excluding hydrogens is 348 g/mol. The number of hydrogen-bond acceptors (Lipinski definition) is 6. The topological polar surface area (TPSA) is 97.3 Å². The molecule has 0 aromatic carbocycles. The van der Waals surface area contributed by atoms with Crippen molar-refractivity contribution in [2.24, 2.45) is 4.99 Å². The van der Waals surface area contributed by atoms with Crippen LogP contribution in [0.25, 0.3) is 0 Å². The lowest BCUT2D eigenvalue weighted by molar-refractivity contribution is -0.127. The number of hydrogen-bond donors (Lipinski definition) is 1. The molecule has 10 heteroatoms. The molecule has 0 atom stereocenters. The minimum Gasteiger partial charge on any atom is -0.347 e. The molecule has 1 fully saturated rings. The molecule has 0 unspecified atom stereocenters. The number of amides is 2. The maximum Gasteiger partial charge on any atom is 0.243 e. The highest BCUT2D eigenvalue weighted by atomic mass is 16.2. The zero-order valence-corrected chi connectivity index (χ0v) is 16.4. The smallest absolute Gasteiger partial charge is 0.243 e. The fraction of sp³-hybridized carbons (Fsp3) is 0.588. The maximum absolute atomic E-state index is 11.9. The van der Waals surface area contributed by atoms with Crippen LogP contribution < -0.4 is 10.2 Å². The number of nitrogens with zero attached hydrogens (tertiary/aromatic N) is 7. The molecule has 2 rings (SSSR count). The standard InChI is InChI=1S/C17H28N8O2/c1-22(2)14(26)12-20-17(21-13-15(27)23(3)4)25-10-8-24(9-11-25)16-18-6-5-7-19-16/h5-7H,8-13H2,1-4H3,(H,20,21). The second kappa shape index (κ2) is 9.70. The minimum atomic E-state index is -0.0930. The summed E-state index contributed by atoms with van der Waals surface area (Å²) >= 11 is 0. The van der Waals surface area contributed by atoms with E-state index in [0.717, 1.165) is 13.1 Å². The van der Waals surface area contributed by atoms with Crippen LogP contribution in [-0.2, 0) is 9.59 Å². The highest BCUT2D eigenvalue weighted by molar-refractivity contribution is 5.88. The number of piperazine rings is 1. The van der Waals surface area contributed by atoms with Gasteiger partial charge >= 0.3 is 0 Å². The molecule has 1 aromatic rings. The Balaban J connectivity index is 2.01. The second-order valence-electron chi connectivity index (χ2n) is 6.59.